The summed E-state index contributed by atoms with van der Waals surface area (Å²) in [5.41, 5.74) is 1.14. The van der Waals surface area contributed by atoms with Crippen LogP contribution in [0.1, 0.15) is 17.5 Å². The molecule has 1 saturated heterocycles. The minimum absolute atomic E-state index is 0.136. The molecule has 2 rings (SSSR count). The Morgan fingerprint density at radius 3 is 3.06 bits per heavy atom. The van der Waals surface area contributed by atoms with Crippen LogP contribution in [0.5, 0.6) is 0 Å². The van der Waals surface area contributed by atoms with E-state index in [1.165, 1.54) is 24.0 Å². The summed E-state index contributed by atoms with van der Waals surface area (Å²) >= 11 is 1.98. The molecule has 0 aromatic heterocycles. The molecule has 0 spiro atoms. The van der Waals surface area contributed by atoms with Gasteiger partial charge in [-0.05, 0) is 36.9 Å². The first-order chi connectivity index (χ1) is 8.20. The lowest BCUT2D eigenvalue weighted by Gasteiger charge is -2.23. The quantitative estimate of drug-likeness (QED) is 0.825. The van der Waals surface area contributed by atoms with Crippen LogP contribution < -0.4 is 0 Å². The van der Waals surface area contributed by atoms with Crippen LogP contribution in [0.2, 0.25) is 0 Å². The lowest BCUT2D eigenvalue weighted by Crippen LogP contribution is -2.30. The standard InChI is InChI=1S/C13H15FN2S/c1-16(12-4-5-17-9-12)8-10-2-3-13(14)11(6-10)7-15/h2-3,6,12H,4-5,8-9H2,1H3/t12-/m1/s1. The lowest BCUT2D eigenvalue weighted by molar-refractivity contribution is 0.254. The van der Waals surface area contributed by atoms with Crippen LogP contribution in [0.25, 0.3) is 0 Å². The van der Waals surface area contributed by atoms with Gasteiger partial charge in [-0.3, -0.25) is 4.90 Å². The van der Waals surface area contributed by atoms with E-state index in [2.05, 4.69) is 11.9 Å². The van der Waals surface area contributed by atoms with Gasteiger partial charge in [-0.15, -0.1) is 0 Å². The molecule has 1 aliphatic rings. The number of halogens is 1. The second-order valence-electron chi connectivity index (χ2n) is 4.36. The molecule has 1 aromatic rings. The van der Waals surface area contributed by atoms with Crippen molar-refractivity contribution in [2.75, 3.05) is 18.6 Å². The summed E-state index contributed by atoms with van der Waals surface area (Å²) in [6.45, 7) is 0.778. The largest absolute Gasteiger partial charge is 0.298 e. The van der Waals surface area contributed by atoms with Crippen molar-refractivity contribution in [1.29, 1.82) is 5.26 Å². The summed E-state index contributed by atoms with van der Waals surface area (Å²) in [6, 6.07) is 7.27. The third kappa shape index (κ3) is 2.99. The first-order valence-corrected chi connectivity index (χ1v) is 6.82. The summed E-state index contributed by atoms with van der Waals surface area (Å²) in [5, 5.41) is 8.78. The molecule has 4 heteroatoms. The predicted molar refractivity (Wildman–Crippen MR) is 68.3 cm³/mol. The van der Waals surface area contributed by atoms with Gasteiger partial charge in [0.25, 0.3) is 0 Å². The van der Waals surface area contributed by atoms with Gasteiger partial charge in [0.05, 0.1) is 5.56 Å². The first-order valence-electron chi connectivity index (χ1n) is 5.67. The maximum absolute atomic E-state index is 13.2. The van der Waals surface area contributed by atoms with E-state index >= 15 is 0 Å². The number of nitriles is 1. The summed E-state index contributed by atoms with van der Waals surface area (Å²) in [7, 11) is 2.09. The highest BCUT2D eigenvalue weighted by molar-refractivity contribution is 7.99. The Kier molecular flexibility index (Phi) is 4.03. The second-order valence-corrected chi connectivity index (χ2v) is 5.51. The van der Waals surface area contributed by atoms with Crippen molar-refractivity contribution in [2.45, 2.75) is 19.0 Å². The Morgan fingerprint density at radius 1 is 1.59 bits per heavy atom. The summed E-state index contributed by atoms with van der Waals surface area (Å²) in [6.07, 6.45) is 1.22. The number of benzene rings is 1. The summed E-state index contributed by atoms with van der Waals surface area (Å²) in [4.78, 5) is 2.29. The van der Waals surface area contributed by atoms with E-state index in [9.17, 15) is 4.39 Å². The average molecular weight is 250 g/mol. The SMILES string of the molecule is CN(Cc1ccc(F)c(C#N)c1)[C@@H]1CCSC1. The summed E-state index contributed by atoms with van der Waals surface area (Å²) in [5.74, 6) is 1.96. The highest BCUT2D eigenvalue weighted by atomic mass is 32.2. The highest BCUT2D eigenvalue weighted by Crippen LogP contribution is 2.22. The van der Waals surface area contributed by atoms with Crippen molar-refractivity contribution in [3.8, 4) is 6.07 Å². The topological polar surface area (TPSA) is 27.0 Å². The molecule has 0 radical (unpaired) electrons. The number of hydrogen-bond acceptors (Lipinski definition) is 3. The Balaban J connectivity index is 2.05. The van der Waals surface area contributed by atoms with Gasteiger partial charge in [0, 0.05) is 18.3 Å². The molecule has 0 unspecified atom stereocenters. The Labute approximate surface area is 105 Å². The molecule has 1 fully saturated rings. The molecule has 17 heavy (non-hydrogen) atoms. The van der Waals surface area contributed by atoms with Crippen LogP contribution in [0.3, 0.4) is 0 Å². The lowest BCUT2D eigenvalue weighted by atomic mass is 10.1. The number of nitrogens with zero attached hydrogens (tertiary/aromatic N) is 2. The maximum atomic E-state index is 13.2. The van der Waals surface area contributed by atoms with E-state index in [1.807, 2.05) is 17.8 Å². The molecular weight excluding hydrogens is 235 g/mol. The highest BCUT2D eigenvalue weighted by Gasteiger charge is 2.20. The first kappa shape index (κ1) is 12.4. The van der Waals surface area contributed by atoms with Gasteiger partial charge >= 0.3 is 0 Å². The number of hydrogen-bond donors (Lipinski definition) is 0. The van der Waals surface area contributed by atoms with E-state index in [0.29, 0.717) is 6.04 Å². The predicted octanol–water partition coefficient (Wildman–Crippen LogP) is 2.63. The van der Waals surface area contributed by atoms with Gasteiger partial charge in [0.1, 0.15) is 11.9 Å². The molecule has 1 aliphatic heterocycles. The van der Waals surface area contributed by atoms with Crippen molar-refractivity contribution in [3.63, 3.8) is 0 Å². The molecule has 0 amide bonds. The maximum Gasteiger partial charge on any atom is 0.140 e. The van der Waals surface area contributed by atoms with Crippen LogP contribution in [0, 0.1) is 17.1 Å². The van der Waals surface area contributed by atoms with Crippen LogP contribution in [-0.4, -0.2) is 29.5 Å². The molecule has 1 heterocycles. The van der Waals surface area contributed by atoms with Crippen molar-refractivity contribution >= 4 is 11.8 Å². The van der Waals surface area contributed by atoms with Gasteiger partial charge in [-0.1, -0.05) is 6.07 Å². The molecule has 0 saturated carbocycles. The fourth-order valence-corrected chi connectivity index (χ4v) is 3.34. The van der Waals surface area contributed by atoms with Crippen molar-refractivity contribution < 1.29 is 4.39 Å². The van der Waals surface area contributed by atoms with Crippen LogP contribution in [0.15, 0.2) is 18.2 Å². The normalized spacial score (nSPS) is 19.5. The third-order valence-corrected chi connectivity index (χ3v) is 4.26. The van der Waals surface area contributed by atoms with Crippen molar-refractivity contribution in [1.82, 2.24) is 4.90 Å². The second kappa shape index (κ2) is 5.52. The molecule has 1 atom stereocenters. The van der Waals surface area contributed by atoms with Crippen molar-refractivity contribution in [3.05, 3.63) is 35.1 Å². The zero-order chi connectivity index (χ0) is 12.3. The van der Waals surface area contributed by atoms with E-state index in [0.717, 1.165) is 12.1 Å². The molecule has 2 nitrogen and oxygen atoms in total. The monoisotopic (exact) mass is 250 g/mol. The molecule has 90 valence electrons. The van der Waals surface area contributed by atoms with Gasteiger partial charge in [0.2, 0.25) is 0 Å². The minimum atomic E-state index is -0.435. The van der Waals surface area contributed by atoms with E-state index in [-0.39, 0.29) is 5.56 Å². The van der Waals surface area contributed by atoms with Gasteiger partial charge in [0.15, 0.2) is 0 Å². The van der Waals surface area contributed by atoms with Crippen LogP contribution >= 0.6 is 11.8 Å². The fraction of sp³-hybridized carbons (Fsp3) is 0.462. The van der Waals surface area contributed by atoms with E-state index in [4.69, 9.17) is 5.26 Å². The molecule has 1 aromatic carbocycles. The van der Waals surface area contributed by atoms with E-state index < -0.39 is 5.82 Å². The molecule has 0 bridgehead atoms. The van der Waals surface area contributed by atoms with Crippen LogP contribution in [0.4, 0.5) is 4.39 Å². The van der Waals surface area contributed by atoms with Gasteiger partial charge < -0.3 is 0 Å². The van der Waals surface area contributed by atoms with Crippen LogP contribution in [-0.2, 0) is 6.54 Å². The Hall–Kier alpha value is -1.05. The Morgan fingerprint density at radius 2 is 2.41 bits per heavy atom. The summed E-state index contributed by atoms with van der Waals surface area (Å²) < 4.78 is 13.2. The van der Waals surface area contributed by atoms with E-state index in [1.54, 1.807) is 12.1 Å². The third-order valence-electron chi connectivity index (χ3n) is 3.11. The number of rotatable bonds is 3. The molecular formula is C13H15FN2S. The zero-order valence-corrected chi connectivity index (χ0v) is 10.6. The minimum Gasteiger partial charge on any atom is -0.298 e. The van der Waals surface area contributed by atoms with Crippen molar-refractivity contribution in [2.24, 2.45) is 0 Å². The Bertz CT molecular complexity index is 436. The zero-order valence-electron chi connectivity index (χ0n) is 9.82. The smallest absolute Gasteiger partial charge is 0.140 e. The number of thioether (sulfide) groups is 1. The molecule has 0 N–H and O–H groups in total. The van der Waals surface area contributed by atoms with Gasteiger partial charge in [-0.2, -0.15) is 17.0 Å². The molecule has 0 aliphatic carbocycles. The van der Waals surface area contributed by atoms with Gasteiger partial charge in [-0.25, -0.2) is 4.39 Å². The average Bonchev–Trinajstić information content (AvgIpc) is 2.85. The fourth-order valence-electron chi connectivity index (χ4n) is 2.04.